The molecule has 2 rings (SSSR count). The Morgan fingerprint density at radius 2 is 1.90 bits per heavy atom. The van der Waals surface area contributed by atoms with Crippen molar-refractivity contribution in [2.75, 3.05) is 0 Å². The zero-order chi connectivity index (χ0) is 15.0. The van der Waals surface area contributed by atoms with E-state index >= 15 is 0 Å². The van der Waals surface area contributed by atoms with Crippen molar-refractivity contribution in [2.45, 2.75) is 58.5 Å². The van der Waals surface area contributed by atoms with Gasteiger partial charge in [0.1, 0.15) is 5.82 Å². The van der Waals surface area contributed by atoms with E-state index < -0.39 is 11.4 Å². The van der Waals surface area contributed by atoms with Crippen LogP contribution < -0.4 is 0 Å². The lowest BCUT2D eigenvalue weighted by atomic mass is 9.67. The smallest absolute Gasteiger partial charge is 0.141 e. The van der Waals surface area contributed by atoms with Crippen molar-refractivity contribution in [2.24, 2.45) is 11.3 Å². The van der Waals surface area contributed by atoms with Crippen molar-refractivity contribution in [3.05, 3.63) is 34.6 Å². The Bertz CT molecular complexity index is 470. The molecule has 112 valence electrons. The van der Waals surface area contributed by atoms with Gasteiger partial charge in [0.15, 0.2) is 0 Å². The van der Waals surface area contributed by atoms with E-state index in [2.05, 4.69) is 20.8 Å². The maximum Gasteiger partial charge on any atom is 0.141 e. The molecule has 20 heavy (non-hydrogen) atoms. The molecule has 1 fully saturated rings. The van der Waals surface area contributed by atoms with Crippen molar-refractivity contribution < 1.29 is 9.50 Å². The van der Waals surface area contributed by atoms with Gasteiger partial charge in [0.05, 0.1) is 10.6 Å². The van der Waals surface area contributed by atoms with Gasteiger partial charge in [-0.2, -0.15) is 0 Å². The van der Waals surface area contributed by atoms with Gasteiger partial charge >= 0.3 is 0 Å². The predicted molar refractivity (Wildman–Crippen MR) is 81.5 cm³/mol. The number of hydrogen-bond acceptors (Lipinski definition) is 1. The van der Waals surface area contributed by atoms with Crippen LogP contribution in [0.4, 0.5) is 4.39 Å². The Morgan fingerprint density at radius 1 is 1.30 bits per heavy atom. The fraction of sp³-hybridized carbons (Fsp3) is 0.647. The minimum Gasteiger partial charge on any atom is -0.390 e. The maximum atomic E-state index is 13.2. The lowest BCUT2D eigenvalue weighted by Crippen LogP contribution is -2.39. The summed E-state index contributed by atoms with van der Waals surface area (Å²) in [5, 5.41) is 10.9. The fourth-order valence-corrected chi connectivity index (χ4v) is 3.43. The van der Waals surface area contributed by atoms with Gasteiger partial charge in [-0.05, 0) is 54.7 Å². The number of benzene rings is 1. The third kappa shape index (κ3) is 3.73. The van der Waals surface area contributed by atoms with Crippen LogP contribution in [0.1, 0.15) is 52.0 Å². The molecule has 0 spiro atoms. The van der Waals surface area contributed by atoms with Gasteiger partial charge in [0.2, 0.25) is 0 Å². The first-order chi connectivity index (χ1) is 9.20. The second kappa shape index (κ2) is 5.65. The molecule has 0 heterocycles. The first-order valence-electron chi connectivity index (χ1n) is 7.36. The Balaban J connectivity index is 2.01. The SMILES string of the molecule is CC(C)(C)C1CCC(O)(Cc2ccc(F)c(Cl)c2)CC1. The topological polar surface area (TPSA) is 20.2 Å². The standard InChI is InChI=1S/C17H24ClFO/c1-16(2,3)13-6-8-17(20,9-7-13)11-12-4-5-15(19)14(18)10-12/h4-5,10,13,20H,6-9,11H2,1-3H3. The Kier molecular flexibility index (Phi) is 4.46. The van der Waals surface area contributed by atoms with Gasteiger partial charge in [0.25, 0.3) is 0 Å². The molecule has 1 aliphatic rings. The molecule has 0 unspecified atom stereocenters. The molecule has 0 bridgehead atoms. The van der Waals surface area contributed by atoms with Crippen LogP contribution in [-0.4, -0.2) is 10.7 Å². The molecule has 0 amide bonds. The van der Waals surface area contributed by atoms with Gasteiger partial charge < -0.3 is 5.11 Å². The number of rotatable bonds is 2. The van der Waals surface area contributed by atoms with Crippen molar-refractivity contribution in [3.8, 4) is 0 Å². The molecule has 1 aromatic rings. The second-order valence-electron chi connectivity index (χ2n) is 7.29. The molecule has 1 aliphatic carbocycles. The molecule has 1 aromatic carbocycles. The zero-order valence-corrected chi connectivity index (χ0v) is 13.3. The first-order valence-corrected chi connectivity index (χ1v) is 7.74. The summed E-state index contributed by atoms with van der Waals surface area (Å²) in [6.07, 6.45) is 4.28. The van der Waals surface area contributed by atoms with E-state index in [1.165, 1.54) is 6.07 Å². The molecule has 3 heteroatoms. The van der Waals surface area contributed by atoms with E-state index in [9.17, 15) is 9.50 Å². The van der Waals surface area contributed by atoms with Crippen molar-refractivity contribution >= 4 is 11.6 Å². The average molecular weight is 299 g/mol. The Morgan fingerprint density at radius 3 is 2.40 bits per heavy atom. The van der Waals surface area contributed by atoms with Crippen LogP contribution in [-0.2, 0) is 6.42 Å². The molecular formula is C17H24ClFO. The summed E-state index contributed by atoms with van der Waals surface area (Å²) >= 11 is 5.80. The predicted octanol–water partition coefficient (Wildman–Crippen LogP) is 4.99. The summed E-state index contributed by atoms with van der Waals surface area (Å²) < 4.78 is 13.2. The minimum atomic E-state index is -0.664. The molecule has 0 atom stereocenters. The molecule has 0 aromatic heterocycles. The van der Waals surface area contributed by atoms with Crippen molar-refractivity contribution in [1.29, 1.82) is 0 Å². The van der Waals surface area contributed by atoms with E-state index in [0.29, 0.717) is 17.8 Å². The second-order valence-corrected chi connectivity index (χ2v) is 7.70. The van der Waals surface area contributed by atoms with Gasteiger partial charge in [-0.25, -0.2) is 4.39 Å². The van der Waals surface area contributed by atoms with Crippen LogP contribution in [0.5, 0.6) is 0 Å². The highest BCUT2D eigenvalue weighted by Gasteiger charge is 2.37. The van der Waals surface area contributed by atoms with Crippen molar-refractivity contribution in [3.63, 3.8) is 0 Å². The van der Waals surface area contributed by atoms with Crippen LogP contribution in [0.25, 0.3) is 0 Å². The summed E-state index contributed by atoms with van der Waals surface area (Å²) in [6.45, 7) is 6.80. The van der Waals surface area contributed by atoms with Gasteiger partial charge in [-0.15, -0.1) is 0 Å². The third-order valence-corrected chi connectivity index (χ3v) is 4.95. The van der Waals surface area contributed by atoms with Crippen LogP contribution in [0.15, 0.2) is 18.2 Å². The number of aliphatic hydroxyl groups is 1. The van der Waals surface area contributed by atoms with E-state index in [-0.39, 0.29) is 5.02 Å². The van der Waals surface area contributed by atoms with Gasteiger partial charge in [0, 0.05) is 6.42 Å². The highest BCUT2D eigenvalue weighted by molar-refractivity contribution is 6.30. The molecular weight excluding hydrogens is 275 g/mol. The van der Waals surface area contributed by atoms with Gasteiger partial charge in [-0.1, -0.05) is 38.4 Å². The largest absolute Gasteiger partial charge is 0.390 e. The molecule has 0 radical (unpaired) electrons. The van der Waals surface area contributed by atoms with Crippen molar-refractivity contribution in [1.82, 2.24) is 0 Å². The minimum absolute atomic E-state index is 0.134. The lowest BCUT2D eigenvalue weighted by molar-refractivity contribution is -0.0245. The molecule has 1 nitrogen and oxygen atoms in total. The molecule has 1 saturated carbocycles. The number of hydrogen-bond donors (Lipinski definition) is 1. The van der Waals surface area contributed by atoms with Crippen LogP contribution in [0, 0.1) is 17.2 Å². The fourth-order valence-electron chi connectivity index (χ4n) is 3.23. The van der Waals surface area contributed by atoms with E-state index in [0.717, 1.165) is 31.2 Å². The average Bonchev–Trinajstić information content (AvgIpc) is 2.33. The summed E-state index contributed by atoms with van der Waals surface area (Å²) in [7, 11) is 0. The summed E-state index contributed by atoms with van der Waals surface area (Å²) in [5.41, 5.74) is 0.553. The zero-order valence-electron chi connectivity index (χ0n) is 12.5. The van der Waals surface area contributed by atoms with E-state index in [4.69, 9.17) is 11.6 Å². The maximum absolute atomic E-state index is 13.2. The van der Waals surface area contributed by atoms with E-state index in [1.54, 1.807) is 12.1 Å². The molecule has 0 saturated heterocycles. The highest BCUT2D eigenvalue weighted by atomic mass is 35.5. The number of halogens is 2. The van der Waals surface area contributed by atoms with Crippen LogP contribution in [0.3, 0.4) is 0 Å². The summed E-state index contributed by atoms with van der Waals surface area (Å²) in [4.78, 5) is 0. The highest BCUT2D eigenvalue weighted by Crippen LogP contribution is 2.42. The molecule has 0 aliphatic heterocycles. The van der Waals surface area contributed by atoms with Crippen LogP contribution in [0.2, 0.25) is 5.02 Å². The first kappa shape index (κ1) is 15.8. The van der Waals surface area contributed by atoms with E-state index in [1.807, 2.05) is 0 Å². The molecule has 1 N–H and O–H groups in total. The van der Waals surface area contributed by atoms with Gasteiger partial charge in [-0.3, -0.25) is 0 Å². The Hall–Kier alpha value is -0.600. The van der Waals surface area contributed by atoms with Crippen LogP contribution >= 0.6 is 11.6 Å². The quantitative estimate of drug-likeness (QED) is 0.815. The normalized spacial score (nSPS) is 27.6. The third-order valence-electron chi connectivity index (χ3n) is 4.66. The monoisotopic (exact) mass is 298 g/mol. The lowest BCUT2D eigenvalue weighted by Gasteiger charge is -2.41. The Labute approximate surface area is 126 Å². The summed E-state index contributed by atoms with van der Waals surface area (Å²) in [6, 6.07) is 4.72. The summed E-state index contributed by atoms with van der Waals surface area (Å²) in [5.74, 6) is 0.262.